The Morgan fingerprint density at radius 2 is 2.12 bits per heavy atom. The molecule has 88 valence electrons. The number of aryl methyl sites for hydroxylation is 1. The van der Waals surface area contributed by atoms with Crippen LogP contribution in [-0.2, 0) is 0 Å². The number of hydrogen-bond donors (Lipinski definition) is 2. The van der Waals surface area contributed by atoms with E-state index in [1.54, 1.807) is 6.92 Å². The smallest absolute Gasteiger partial charge is 0.272 e. The van der Waals surface area contributed by atoms with Crippen LogP contribution >= 0.6 is 11.8 Å². The van der Waals surface area contributed by atoms with E-state index in [-0.39, 0.29) is 11.8 Å². The zero-order chi connectivity index (χ0) is 12.6. The molecule has 8 nitrogen and oxygen atoms in total. The molecule has 0 amide bonds. The van der Waals surface area contributed by atoms with E-state index in [9.17, 15) is 0 Å². The summed E-state index contributed by atoms with van der Waals surface area (Å²) in [5.41, 5.74) is 6.15. The van der Waals surface area contributed by atoms with Crippen molar-refractivity contribution in [3.05, 3.63) is 11.4 Å². The highest BCUT2D eigenvalue weighted by atomic mass is 32.2. The van der Waals surface area contributed by atoms with Gasteiger partial charge in [0.2, 0.25) is 0 Å². The predicted molar refractivity (Wildman–Crippen MR) is 62.9 cm³/mol. The molecule has 2 rings (SSSR count). The molecule has 17 heavy (non-hydrogen) atoms. The molecule has 0 saturated carbocycles. The second-order valence-electron chi connectivity index (χ2n) is 3.21. The Hall–Kier alpha value is -2.21. The molecular weight excluding hydrogens is 240 g/mol. The van der Waals surface area contributed by atoms with Crippen LogP contribution in [0.25, 0.3) is 5.95 Å². The van der Waals surface area contributed by atoms with Crippen LogP contribution in [0.5, 0.6) is 0 Å². The Kier molecular flexibility index (Phi) is 2.64. The van der Waals surface area contributed by atoms with E-state index in [1.165, 1.54) is 21.1 Å². The highest BCUT2D eigenvalue weighted by molar-refractivity contribution is 7.98. The van der Waals surface area contributed by atoms with E-state index in [2.05, 4.69) is 15.3 Å². The van der Waals surface area contributed by atoms with Crippen LogP contribution < -0.4 is 11.6 Å². The Balaban J connectivity index is 2.66. The molecular formula is C8H10N8S. The molecule has 0 bridgehead atoms. The first kappa shape index (κ1) is 11.3. The number of nitrogen functional groups attached to an aromatic ring is 2. The summed E-state index contributed by atoms with van der Waals surface area (Å²) >= 11 is 1.33. The molecule has 0 fully saturated rings. The van der Waals surface area contributed by atoms with Crippen LogP contribution in [0, 0.1) is 18.3 Å². The van der Waals surface area contributed by atoms with Crippen molar-refractivity contribution in [3.63, 3.8) is 0 Å². The maximum Gasteiger partial charge on any atom is 0.272 e. The van der Waals surface area contributed by atoms with Gasteiger partial charge in [0.05, 0.1) is 0 Å². The summed E-state index contributed by atoms with van der Waals surface area (Å²) in [6.45, 7) is 1.71. The summed E-state index contributed by atoms with van der Waals surface area (Å²) in [6, 6.07) is 2.00. The largest absolute Gasteiger partial charge is 0.382 e. The zero-order valence-corrected chi connectivity index (χ0v) is 10.1. The van der Waals surface area contributed by atoms with Crippen LogP contribution in [0.15, 0.2) is 5.03 Å². The minimum atomic E-state index is 0.205. The Morgan fingerprint density at radius 3 is 2.53 bits per heavy atom. The van der Waals surface area contributed by atoms with Gasteiger partial charge in [-0.15, -0.1) is 22.0 Å². The average Bonchev–Trinajstić information content (AvgIpc) is 2.81. The van der Waals surface area contributed by atoms with Gasteiger partial charge in [0.25, 0.3) is 5.95 Å². The SMILES string of the molecule is CSc1nn(-c2nnc(C)n2N)c(N)c1C#N. The fourth-order valence-electron chi connectivity index (χ4n) is 1.31. The van der Waals surface area contributed by atoms with Gasteiger partial charge >= 0.3 is 0 Å². The number of hydrogen-bond acceptors (Lipinski definition) is 7. The molecule has 4 N–H and O–H groups in total. The molecule has 0 aromatic carbocycles. The van der Waals surface area contributed by atoms with E-state index in [0.717, 1.165) is 0 Å². The highest BCUT2D eigenvalue weighted by Crippen LogP contribution is 2.25. The highest BCUT2D eigenvalue weighted by Gasteiger charge is 2.19. The molecule has 0 aliphatic heterocycles. The molecule has 2 aromatic rings. The second-order valence-corrected chi connectivity index (χ2v) is 4.01. The molecule has 0 radical (unpaired) electrons. The van der Waals surface area contributed by atoms with Gasteiger partial charge in [0, 0.05) is 0 Å². The van der Waals surface area contributed by atoms with Gasteiger partial charge in [-0.1, -0.05) is 0 Å². The van der Waals surface area contributed by atoms with E-state index < -0.39 is 0 Å². The second kappa shape index (κ2) is 3.99. The maximum absolute atomic E-state index is 8.99. The summed E-state index contributed by atoms with van der Waals surface area (Å²) < 4.78 is 2.57. The predicted octanol–water partition coefficient (Wildman–Crippen LogP) is -0.338. The van der Waals surface area contributed by atoms with E-state index in [4.69, 9.17) is 16.8 Å². The van der Waals surface area contributed by atoms with E-state index in [0.29, 0.717) is 16.4 Å². The lowest BCUT2D eigenvalue weighted by Crippen LogP contribution is -2.17. The summed E-state index contributed by atoms with van der Waals surface area (Å²) in [4.78, 5) is 0. The number of rotatable bonds is 2. The van der Waals surface area contributed by atoms with Gasteiger partial charge in [0.15, 0.2) is 5.82 Å². The van der Waals surface area contributed by atoms with E-state index in [1.807, 2.05) is 12.3 Å². The van der Waals surface area contributed by atoms with Crippen LogP contribution in [0.4, 0.5) is 5.82 Å². The van der Waals surface area contributed by atoms with Crippen molar-refractivity contribution in [2.24, 2.45) is 0 Å². The number of nitrogens with two attached hydrogens (primary N) is 2. The molecule has 0 saturated heterocycles. The third kappa shape index (κ3) is 1.58. The molecule has 0 atom stereocenters. The summed E-state index contributed by atoms with van der Waals surface area (Å²) in [7, 11) is 0. The van der Waals surface area contributed by atoms with Crippen LogP contribution in [0.1, 0.15) is 11.4 Å². The van der Waals surface area contributed by atoms with Crippen LogP contribution in [-0.4, -0.2) is 30.9 Å². The van der Waals surface area contributed by atoms with Crippen molar-refractivity contribution in [3.8, 4) is 12.0 Å². The van der Waals surface area contributed by atoms with Crippen molar-refractivity contribution in [2.75, 3.05) is 17.8 Å². The normalized spacial score (nSPS) is 10.4. The molecule has 0 aliphatic carbocycles. The van der Waals surface area contributed by atoms with Crippen LogP contribution in [0.3, 0.4) is 0 Å². The number of nitriles is 1. The molecule has 2 heterocycles. The number of thioether (sulfide) groups is 1. The lowest BCUT2D eigenvalue weighted by atomic mass is 10.4. The first-order valence-corrected chi connectivity index (χ1v) is 5.82. The Bertz CT molecular complexity index is 604. The van der Waals surface area contributed by atoms with Crippen molar-refractivity contribution in [1.82, 2.24) is 24.7 Å². The first-order chi connectivity index (χ1) is 8.10. The zero-order valence-electron chi connectivity index (χ0n) is 9.25. The molecule has 0 unspecified atom stereocenters. The van der Waals surface area contributed by atoms with Gasteiger partial charge < -0.3 is 11.6 Å². The molecule has 9 heteroatoms. The third-order valence-corrected chi connectivity index (χ3v) is 2.90. The quantitative estimate of drug-likeness (QED) is 0.551. The summed E-state index contributed by atoms with van der Waals surface area (Å²) in [6.07, 6.45) is 1.81. The third-order valence-electron chi connectivity index (χ3n) is 2.23. The monoisotopic (exact) mass is 250 g/mol. The van der Waals surface area contributed by atoms with Crippen molar-refractivity contribution in [2.45, 2.75) is 11.9 Å². The minimum absolute atomic E-state index is 0.205. The fraction of sp³-hybridized carbons (Fsp3) is 0.250. The van der Waals surface area contributed by atoms with Crippen molar-refractivity contribution in [1.29, 1.82) is 5.26 Å². The lowest BCUT2D eigenvalue weighted by molar-refractivity contribution is 0.751. The number of anilines is 1. The average molecular weight is 250 g/mol. The molecule has 0 spiro atoms. The lowest BCUT2D eigenvalue weighted by Gasteiger charge is -2.02. The van der Waals surface area contributed by atoms with Gasteiger partial charge in [0.1, 0.15) is 22.5 Å². The van der Waals surface area contributed by atoms with E-state index >= 15 is 0 Å². The van der Waals surface area contributed by atoms with Crippen molar-refractivity contribution < 1.29 is 0 Å². The Labute approximate surface area is 101 Å². The fourth-order valence-corrected chi connectivity index (χ4v) is 1.83. The summed E-state index contributed by atoms with van der Waals surface area (Å²) in [5, 5.41) is 21.4. The van der Waals surface area contributed by atoms with Crippen LogP contribution in [0.2, 0.25) is 0 Å². The standard InChI is InChI=1S/C8H10N8S/c1-4-12-13-8(15(4)11)16-6(10)5(3-9)7(14-16)17-2/h10-11H2,1-2H3. The number of aromatic nitrogens is 5. The molecule has 2 aromatic heterocycles. The maximum atomic E-state index is 8.99. The topological polar surface area (TPSA) is 124 Å². The Morgan fingerprint density at radius 1 is 1.41 bits per heavy atom. The number of nitrogens with zero attached hydrogens (tertiary/aromatic N) is 6. The van der Waals surface area contributed by atoms with Gasteiger partial charge in [-0.25, -0.2) is 4.68 Å². The summed E-state index contributed by atoms with van der Waals surface area (Å²) in [5.74, 6) is 6.74. The van der Waals surface area contributed by atoms with Crippen molar-refractivity contribution >= 4 is 17.6 Å². The van der Waals surface area contributed by atoms with Gasteiger partial charge in [-0.05, 0) is 13.2 Å². The first-order valence-electron chi connectivity index (χ1n) is 4.60. The minimum Gasteiger partial charge on any atom is -0.382 e. The molecule has 0 aliphatic rings. The van der Waals surface area contributed by atoms with Gasteiger partial charge in [-0.3, -0.25) is 0 Å². The van der Waals surface area contributed by atoms with Gasteiger partial charge in [-0.2, -0.15) is 15.0 Å².